The molecule has 0 aliphatic rings. The fourth-order valence-electron chi connectivity index (χ4n) is 2.08. The molecule has 3 N–H and O–H groups in total. The van der Waals surface area contributed by atoms with Gasteiger partial charge in [0.1, 0.15) is 12.4 Å². The number of nitrogens with two attached hydrogens (primary N) is 1. The summed E-state index contributed by atoms with van der Waals surface area (Å²) in [5.41, 5.74) is 8.81. The quantitative estimate of drug-likeness (QED) is 0.598. The van der Waals surface area contributed by atoms with Crippen molar-refractivity contribution in [3.05, 3.63) is 59.7 Å². The smallest absolute Gasteiger partial charge is 0.272 e. The molecule has 2 rings (SSSR count). The third-order valence-electron chi connectivity index (χ3n) is 3.34. The molecule has 128 valence electrons. The van der Waals surface area contributed by atoms with Gasteiger partial charge in [-0.3, -0.25) is 0 Å². The Morgan fingerprint density at radius 2 is 1.92 bits per heavy atom. The maximum absolute atomic E-state index is 12.2. The summed E-state index contributed by atoms with van der Waals surface area (Å²) in [6.07, 6.45) is -1.51. The monoisotopic (exact) mass is 333 g/mol. The number of alkyl halides is 2. The topological polar surface area (TPSA) is 59.6 Å². The van der Waals surface area contributed by atoms with E-state index in [0.29, 0.717) is 12.3 Å². The van der Waals surface area contributed by atoms with Gasteiger partial charge in [-0.15, -0.1) is 0 Å². The molecule has 6 heteroatoms. The first-order valence-corrected chi connectivity index (χ1v) is 7.72. The number of hydrogen-bond acceptors (Lipinski definition) is 2. The summed E-state index contributed by atoms with van der Waals surface area (Å²) in [5.74, 6) is 0.683. The standard InChI is InChI=1S/C18H21F2N3O/c1-2-13-6-8-15(9-7-13)23-18(21)22-11-14-4-3-5-16(10-14)24-12-17(19)20/h3-10,17H,2,11-12H2,1H3,(H3,21,22,23). The van der Waals surface area contributed by atoms with Crippen molar-refractivity contribution in [2.24, 2.45) is 10.7 Å². The molecule has 0 heterocycles. The van der Waals surface area contributed by atoms with Crippen LogP contribution in [0, 0.1) is 0 Å². The van der Waals surface area contributed by atoms with Gasteiger partial charge in [-0.1, -0.05) is 31.2 Å². The van der Waals surface area contributed by atoms with Crippen LogP contribution in [0.5, 0.6) is 5.75 Å². The Morgan fingerprint density at radius 3 is 2.58 bits per heavy atom. The minimum absolute atomic E-state index is 0.290. The molecule has 0 aromatic heterocycles. The van der Waals surface area contributed by atoms with Crippen molar-refractivity contribution in [1.82, 2.24) is 0 Å². The minimum atomic E-state index is -2.49. The number of guanidine groups is 1. The lowest BCUT2D eigenvalue weighted by atomic mass is 10.1. The van der Waals surface area contributed by atoms with E-state index in [1.165, 1.54) is 5.56 Å². The minimum Gasteiger partial charge on any atom is -0.488 e. The van der Waals surface area contributed by atoms with Gasteiger partial charge in [-0.05, 0) is 41.8 Å². The first-order chi connectivity index (χ1) is 11.6. The van der Waals surface area contributed by atoms with Gasteiger partial charge in [0.15, 0.2) is 5.96 Å². The van der Waals surface area contributed by atoms with Crippen molar-refractivity contribution in [3.63, 3.8) is 0 Å². The lowest BCUT2D eigenvalue weighted by molar-refractivity contribution is 0.0818. The van der Waals surface area contributed by atoms with Crippen molar-refractivity contribution in [2.45, 2.75) is 26.3 Å². The highest BCUT2D eigenvalue weighted by Crippen LogP contribution is 2.15. The number of aryl methyl sites for hydroxylation is 1. The molecular weight excluding hydrogens is 312 g/mol. The summed E-state index contributed by atoms with van der Waals surface area (Å²) in [6, 6.07) is 14.8. The van der Waals surface area contributed by atoms with Crippen LogP contribution in [0.2, 0.25) is 0 Å². The second-order valence-corrected chi connectivity index (χ2v) is 5.23. The molecule has 24 heavy (non-hydrogen) atoms. The predicted octanol–water partition coefficient (Wildman–Crippen LogP) is 3.82. The largest absolute Gasteiger partial charge is 0.488 e. The maximum atomic E-state index is 12.2. The van der Waals surface area contributed by atoms with E-state index in [0.717, 1.165) is 17.7 Å². The van der Waals surface area contributed by atoms with E-state index in [4.69, 9.17) is 10.5 Å². The van der Waals surface area contributed by atoms with Crippen LogP contribution in [0.4, 0.5) is 14.5 Å². The highest BCUT2D eigenvalue weighted by atomic mass is 19.3. The molecule has 0 bridgehead atoms. The number of ether oxygens (including phenoxy) is 1. The van der Waals surface area contributed by atoms with Gasteiger partial charge in [-0.2, -0.15) is 0 Å². The van der Waals surface area contributed by atoms with Gasteiger partial charge in [0.2, 0.25) is 0 Å². The molecule has 0 radical (unpaired) electrons. The molecule has 0 amide bonds. The van der Waals surface area contributed by atoms with Gasteiger partial charge in [0.05, 0.1) is 6.54 Å². The lowest BCUT2D eigenvalue weighted by Crippen LogP contribution is -2.22. The summed E-state index contributed by atoms with van der Waals surface area (Å²) in [4.78, 5) is 4.25. The molecule has 0 fully saturated rings. The van der Waals surface area contributed by atoms with E-state index >= 15 is 0 Å². The predicted molar refractivity (Wildman–Crippen MR) is 92.7 cm³/mol. The summed E-state index contributed by atoms with van der Waals surface area (Å²) < 4.78 is 29.3. The van der Waals surface area contributed by atoms with E-state index in [9.17, 15) is 8.78 Å². The fraction of sp³-hybridized carbons (Fsp3) is 0.278. The number of nitrogens with one attached hydrogen (secondary N) is 1. The number of benzene rings is 2. The van der Waals surface area contributed by atoms with Crippen molar-refractivity contribution < 1.29 is 13.5 Å². The summed E-state index contributed by atoms with van der Waals surface area (Å²) in [5, 5.41) is 3.02. The summed E-state index contributed by atoms with van der Waals surface area (Å²) in [7, 11) is 0. The van der Waals surface area contributed by atoms with Gasteiger partial charge >= 0.3 is 0 Å². The van der Waals surface area contributed by atoms with Crippen LogP contribution in [0.25, 0.3) is 0 Å². The first kappa shape index (κ1) is 17.7. The summed E-state index contributed by atoms with van der Waals surface area (Å²) >= 11 is 0. The SMILES string of the molecule is CCc1ccc(NC(N)=NCc2cccc(OCC(F)F)c2)cc1. The first-order valence-electron chi connectivity index (χ1n) is 7.72. The molecule has 0 atom stereocenters. The molecule has 2 aromatic carbocycles. The van der Waals surface area contributed by atoms with Crippen LogP contribution in [0.1, 0.15) is 18.1 Å². The number of halogens is 2. The third-order valence-corrected chi connectivity index (χ3v) is 3.34. The van der Waals surface area contributed by atoms with Crippen LogP contribution < -0.4 is 15.8 Å². The number of aliphatic imine (C=N–C) groups is 1. The Morgan fingerprint density at radius 1 is 1.17 bits per heavy atom. The van der Waals surface area contributed by atoms with Crippen molar-refractivity contribution in [2.75, 3.05) is 11.9 Å². The zero-order valence-corrected chi connectivity index (χ0v) is 13.5. The van der Waals surface area contributed by atoms with E-state index in [2.05, 4.69) is 17.2 Å². The van der Waals surface area contributed by atoms with E-state index in [1.807, 2.05) is 30.3 Å². The molecular formula is C18H21F2N3O. The van der Waals surface area contributed by atoms with Gasteiger partial charge in [0, 0.05) is 5.69 Å². The molecule has 0 aliphatic heterocycles. The number of hydrogen-bond donors (Lipinski definition) is 2. The Hall–Kier alpha value is -2.63. The maximum Gasteiger partial charge on any atom is 0.272 e. The molecule has 0 saturated heterocycles. The molecule has 4 nitrogen and oxygen atoms in total. The highest BCUT2D eigenvalue weighted by Gasteiger charge is 2.04. The van der Waals surface area contributed by atoms with Gasteiger partial charge < -0.3 is 15.8 Å². The second-order valence-electron chi connectivity index (χ2n) is 5.23. The highest BCUT2D eigenvalue weighted by molar-refractivity contribution is 5.92. The number of nitrogens with zero attached hydrogens (tertiary/aromatic N) is 1. The van der Waals surface area contributed by atoms with E-state index < -0.39 is 13.0 Å². The van der Waals surface area contributed by atoms with Crippen LogP contribution in [0.3, 0.4) is 0 Å². The van der Waals surface area contributed by atoms with Crippen LogP contribution in [-0.2, 0) is 13.0 Å². The van der Waals surface area contributed by atoms with Crippen molar-refractivity contribution in [3.8, 4) is 5.75 Å². The molecule has 0 spiro atoms. The van der Waals surface area contributed by atoms with Gasteiger partial charge in [-0.25, -0.2) is 13.8 Å². The number of rotatable bonds is 7. The second kappa shape index (κ2) is 8.86. The number of anilines is 1. The van der Waals surface area contributed by atoms with Crippen LogP contribution >= 0.6 is 0 Å². The molecule has 0 aliphatic carbocycles. The van der Waals surface area contributed by atoms with Crippen LogP contribution in [0.15, 0.2) is 53.5 Å². The van der Waals surface area contributed by atoms with Crippen molar-refractivity contribution in [1.29, 1.82) is 0 Å². The fourth-order valence-corrected chi connectivity index (χ4v) is 2.08. The van der Waals surface area contributed by atoms with Gasteiger partial charge in [0.25, 0.3) is 6.43 Å². The Kier molecular flexibility index (Phi) is 6.54. The normalized spacial score (nSPS) is 11.6. The zero-order chi connectivity index (χ0) is 17.4. The van der Waals surface area contributed by atoms with E-state index in [-0.39, 0.29) is 5.96 Å². The average molecular weight is 333 g/mol. The Bertz CT molecular complexity index is 672. The average Bonchev–Trinajstić information content (AvgIpc) is 2.59. The molecule has 2 aromatic rings. The van der Waals surface area contributed by atoms with E-state index in [1.54, 1.807) is 18.2 Å². The van der Waals surface area contributed by atoms with Crippen molar-refractivity contribution >= 4 is 11.6 Å². The lowest BCUT2D eigenvalue weighted by Gasteiger charge is -2.08. The summed E-state index contributed by atoms with van der Waals surface area (Å²) in [6.45, 7) is 1.80. The molecule has 0 saturated carbocycles. The Balaban J connectivity index is 1.92. The van der Waals surface area contributed by atoms with Crippen LogP contribution in [-0.4, -0.2) is 19.0 Å². The molecule has 0 unspecified atom stereocenters. The Labute approximate surface area is 140 Å². The third kappa shape index (κ3) is 5.87. The zero-order valence-electron chi connectivity index (χ0n) is 13.5.